The van der Waals surface area contributed by atoms with E-state index in [4.69, 9.17) is 15.2 Å². The van der Waals surface area contributed by atoms with Crippen LogP contribution in [0.2, 0.25) is 0 Å². The Morgan fingerprint density at radius 3 is 2.47 bits per heavy atom. The molecule has 0 aliphatic rings. The molecule has 0 aromatic heterocycles. The Labute approximate surface area is 102 Å². The van der Waals surface area contributed by atoms with Crippen LogP contribution < -0.4 is 5.73 Å². The number of nitrogens with two attached hydrogens (primary N) is 1. The van der Waals surface area contributed by atoms with E-state index in [1.807, 2.05) is 18.7 Å². The van der Waals surface area contributed by atoms with Crippen LogP contribution >= 0.6 is 0 Å². The lowest BCUT2D eigenvalue weighted by molar-refractivity contribution is -0.148. The van der Waals surface area contributed by atoms with Gasteiger partial charge < -0.3 is 15.2 Å². The number of primary amides is 1. The normalized spacial score (nSPS) is 10.9. The van der Waals surface area contributed by atoms with Gasteiger partial charge in [-0.2, -0.15) is 0 Å². The van der Waals surface area contributed by atoms with Gasteiger partial charge in [-0.05, 0) is 20.8 Å². The highest BCUT2D eigenvalue weighted by Gasteiger charge is 2.12. The van der Waals surface area contributed by atoms with E-state index in [0.29, 0.717) is 19.8 Å². The molecule has 100 valence electrons. The molecule has 0 bridgehead atoms. The van der Waals surface area contributed by atoms with Crippen molar-refractivity contribution in [2.75, 3.05) is 32.9 Å². The molecule has 0 saturated carbocycles. The maximum absolute atomic E-state index is 11.0. The van der Waals surface area contributed by atoms with Crippen molar-refractivity contribution in [3.63, 3.8) is 0 Å². The molecule has 0 radical (unpaired) electrons. The molecule has 0 rings (SSSR count). The van der Waals surface area contributed by atoms with Gasteiger partial charge in [-0.15, -0.1) is 0 Å². The number of hydrogen-bond acceptors (Lipinski definition) is 5. The third-order valence-electron chi connectivity index (χ3n) is 2.14. The molecule has 6 nitrogen and oxygen atoms in total. The zero-order chi connectivity index (χ0) is 13.3. The second-order valence-corrected chi connectivity index (χ2v) is 3.89. The van der Waals surface area contributed by atoms with Crippen molar-refractivity contribution in [2.24, 2.45) is 5.73 Å². The molecule has 0 aromatic rings. The molecule has 0 unspecified atom stereocenters. The highest BCUT2D eigenvalue weighted by Crippen LogP contribution is 1.97. The van der Waals surface area contributed by atoms with E-state index in [1.165, 1.54) is 0 Å². The third-order valence-corrected chi connectivity index (χ3v) is 2.14. The summed E-state index contributed by atoms with van der Waals surface area (Å²) in [6.45, 7) is 7.08. The molecule has 0 heterocycles. The fourth-order valence-corrected chi connectivity index (χ4v) is 1.26. The minimum absolute atomic E-state index is 0.0592. The van der Waals surface area contributed by atoms with E-state index in [9.17, 15) is 9.59 Å². The van der Waals surface area contributed by atoms with Gasteiger partial charge >= 0.3 is 5.97 Å². The summed E-state index contributed by atoms with van der Waals surface area (Å²) >= 11 is 0. The van der Waals surface area contributed by atoms with Crippen molar-refractivity contribution in [2.45, 2.75) is 26.8 Å². The zero-order valence-corrected chi connectivity index (χ0v) is 10.8. The van der Waals surface area contributed by atoms with Gasteiger partial charge in [0.2, 0.25) is 5.91 Å². The number of hydrogen-bond donors (Lipinski definition) is 1. The van der Waals surface area contributed by atoms with Crippen molar-refractivity contribution >= 4 is 11.9 Å². The first kappa shape index (κ1) is 15.9. The van der Waals surface area contributed by atoms with Crippen LogP contribution in [0.4, 0.5) is 0 Å². The lowest BCUT2D eigenvalue weighted by Crippen LogP contribution is -2.40. The standard InChI is InChI=1S/C11H22N2O4/c1-4-17-11(15)8-16-6-5-13(9(2)3)7-10(12)14/h9H,4-8H2,1-3H3,(H2,12,14). The highest BCUT2D eigenvalue weighted by molar-refractivity contribution is 5.75. The molecule has 0 aromatic carbocycles. The van der Waals surface area contributed by atoms with Gasteiger partial charge in [0.1, 0.15) is 6.61 Å². The summed E-state index contributed by atoms with van der Waals surface area (Å²) in [5.41, 5.74) is 5.13. The van der Waals surface area contributed by atoms with Gasteiger partial charge in [-0.3, -0.25) is 9.69 Å². The summed E-state index contributed by atoms with van der Waals surface area (Å²) in [5.74, 6) is -0.748. The van der Waals surface area contributed by atoms with Crippen LogP contribution in [-0.4, -0.2) is 55.7 Å². The van der Waals surface area contributed by atoms with E-state index >= 15 is 0 Å². The average molecular weight is 246 g/mol. The van der Waals surface area contributed by atoms with Crippen molar-refractivity contribution in [1.82, 2.24) is 4.90 Å². The second-order valence-electron chi connectivity index (χ2n) is 3.89. The predicted molar refractivity (Wildman–Crippen MR) is 63.4 cm³/mol. The van der Waals surface area contributed by atoms with E-state index in [2.05, 4.69) is 0 Å². The Morgan fingerprint density at radius 2 is 2.00 bits per heavy atom. The maximum Gasteiger partial charge on any atom is 0.332 e. The average Bonchev–Trinajstić information content (AvgIpc) is 2.22. The van der Waals surface area contributed by atoms with Crippen LogP contribution in [0, 0.1) is 0 Å². The number of nitrogens with zero attached hydrogens (tertiary/aromatic N) is 1. The number of ether oxygens (including phenoxy) is 2. The minimum Gasteiger partial charge on any atom is -0.464 e. The van der Waals surface area contributed by atoms with Crippen molar-refractivity contribution in [3.8, 4) is 0 Å². The molecular formula is C11H22N2O4. The first-order valence-electron chi connectivity index (χ1n) is 5.73. The smallest absolute Gasteiger partial charge is 0.332 e. The van der Waals surface area contributed by atoms with Gasteiger partial charge in [-0.1, -0.05) is 0 Å². The molecule has 6 heteroatoms. The van der Waals surface area contributed by atoms with Crippen molar-refractivity contribution in [3.05, 3.63) is 0 Å². The fraction of sp³-hybridized carbons (Fsp3) is 0.818. The molecule has 0 aliphatic heterocycles. The van der Waals surface area contributed by atoms with Crippen molar-refractivity contribution in [1.29, 1.82) is 0 Å². The fourth-order valence-electron chi connectivity index (χ4n) is 1.26. The van der Waals surface area contributed by atoms with Crippen LogP contribution in [0.1, 0.15) is 20.8 Å². The number of carbonyl (C=O) groups excluding carboxylic acids is 2. The summed E-state index contributed by atoms with van der Waals surface area (Å²) in [4.78, 5) is 23.7. The van der Waals surface area contributed by atoms with Crippen molar-refractivity contribution < 1.29 is 19.1 Å². The van der Waals surface area contributed by atoms with Crippen LogP contribution in [0.25, 0.3) is 0 Å². The summed E-state index contributed by atoms with van der Waals surface area (Å²) in [7, 11) is 0. The maximum atomic E-state index is 11.0. The molecule has 1 amide bonds. The van der Waals surface area contributed by atoms with Crippen LogP contribution in [-0.2, 0) is 19.1 Å². The molecule has 17 heavy (non-hydrogen) atoms. The molecular weight excluding hydrogens is 224 g/mol. The van der Waals surface area contributed by atoms with E-state index in [0.717, 1.165) is 0 Å². The summed E-state index contributed by atoms with van der Waals surface area (Å²) in [6.07, 6.45) is 0. The monoisotopic (exact) mass is 246 g/mol. The van der Waals surface area contributed by atoms with Gasteiger partial charge in [0.15, 0.2) is 0 Å². The SMILES string of the molecule is CCOC(=O)COCCN(CC(N)=O)C(C)C. The van der Waals surface area contributed by atoms with E-state index in [-0.39, 0.29) is 31.1 Å². The lowest BCUT2D eigenvalue weighted by Gasteiger charge is -2.24. The molecule has 0 fully saturated rings. The molecule has 0 atom stereocenters. The molecule has 0 saturated heterocycles. The van der Waals surface area contributed by atoms with Gasteiger partial charge in [0.25, 0.3) is 0 Å². The first-order valence-corrected chi connectivity index (χ1v) is 5.73. The van der Waals surface area contributed by atoms with E-state index < -0.39 is 0 Å². The number of rotatable bonds is 9. The third kappa shape index (κ3) is 8.65. The van der Waals surface area contributed by atoms with Gasteiger partial charge in [-0.25, -0.2) is 4.79 Å². The second kappa shape index (κ2) is 8.95. The largest absolute Gasteiger partial charge is 0.464 e. The molecule has 2 N–H and O–H groups in total. The predicted octanol–water partition coefficient (Wildman–Crippen LogP) is -0.238. The summed E-state index contributed by atoms with van der Waals surface area (Å²) in [6, 6.07) is 0.202. The number of amides is 1. The quantitative estimate of drug-likeness (QED) is 0.448. The minimum atomic E-state index is -0.376. The Kier molecular flexibility index (Phi) is 8.35. The van der Waals surface area contributed by atoms with Gasteiger partial charge in [0.05, 0.1) is 19.8 Å². The number of esters is 1. The van der Waals surface area contributed by atoms with Crippen LogP contribution in [0.15, 0.2) is 0 Å². The topological polar surface area (TPSA) is 81.9 Å². The lowest BCUT2D eigenvalue weighted by atomic mass is 10.3. The summed E-state index contributed by atoms with van der Waals surface area (Å²) in [5, 5.41) is 0. The molecule has 0 aliphatic carbocycles. The molecule has 0 spiro atoms. The summed E-state index contributed by atoms with van der Waals surface area (Å²) < 4.78 is 9.85. The zero-order valence-electron chi connectivity index (χ0n) is 10.8. The Morgan fingerprint density at radius 1 is 1.35 bits per heavy atom. The van der Waals surface area contributed by atoms with Crippen LogP contribution in [0.5, 0.6) is 0 Å². The Hall–Kier alpha value is -1.14. The Balaban J connectivity index is 3.75. The van der Waals surface area contributed by atoms with Gasteiger partial charge in [0, 0.05) is 12.6 Å². The van der Waals surface area contributed by atoms with Crippen LogP contribution in [0.3, 0.4) is 0 Å². The highest BCUT2D eigenvalue weighted by atomic mass is 16.6. The first-order chi connectivity index (χ1) is 7.97. The Bertz CT molecular complexity index is 244. The number of carbonyl (C=O) groups is 2. The van der Waals surface area contributed by atoms with E-state index in [1.54, 1.807) is 6.92 Å².